The fraction of sp³-hybridized carbons (Fsp3) is 0.533. The molecule has 1 aromatic carbocycles. The Morgan fingerprint density at radius 3 is 2.45 bits per heavy atom. The van der Waals surface area contributed by atoms with E-state index in [1.807, 2.05) is 12.1 Å². The van der Waals surface area contributed by atoms with Gasteiger partial charge in [-0.25, -0.2) is 4.39 Å². The van der Waals surface area contributed by atoms with Crippen LogP contribution in [0.2, 0.25) is 0 Å². The van der Waals surface area contributed by atoms with Gasteiger partial charge in [0.15, 0.2) is 5.96 Å². The molecule has 2 N–H and O–H groups in total. The van der Waals surface area contributed by atoms with Gasteiger partial charge in [0, 0.05) is 20.1 Å². The van der Waals surface area contributed by atoms with Gasteiger partial charge in [-0.1, -0.05) is 25.0 Å². The van der Waals surface area contributed by atoms with E-state index in [1.165, 1.54) is 31.4 Å². The van der Waals surface area contributed by atoms with Gasteiger partial charge in [0.25, 0.3) is 0 Å². The fourth-order valence-electron chi connectivity index (χ4n) is 2.00. The molecule has 0 atom stereocenters. The molecule has 1 aliphatic carbocycles. The zero-order valence-corrected chi connectivity index (χ0v) is 14.2. The summed E-state index contributed by atoms with van der Waals surface area (Å²) in [6.45, 7) is 1.79. The molecule has 2 rings (SSSR count). The monoisotopic (exact) mass is 391 g/mol. The zero-order valence-electron chi connectivity index (χ0n) is 11.9. The van der Waals surface area contributed by atoms with Gasteiger partial charge >= 0.3 is 0 Å². The van der Waals surface area contributed by atoms with Gasteiger partial charge in [-0.3, -0.25) is 4.99 Å². The largest absolute Gasteiger partial charge is 0.356 e. The van der Waals surface area contributed by atoms with Crippen molar-refractivity contribution < 1.29 is 4.39 Å². The lowest BCUT2D eigenvalue weighted by atomic mass is 10.1. The SMILES string of the molecule is CN=C(NCCc1ccc(F)cc1)NCCC1CC1.I. The Bertz CT molecular complexity index is 416. The Labute approximate surface area is 137 Å². The van der Waals surface area contributed by atoms with Crippen LogP contribution in [0.15, 0.2) is 29.3 Å². The second-order valence-electron chi connectivity index (χ2n) is 5.03. The normalized spacial score (nSPS) is 14.6. The highest BCUT2D eigenvalue weighted by Gasteiger charge is 2.20. The first-order valence-corrected chi connectivity index (χ1v) is 6.97. The molecule has 20 heavy (non-hydrogen) atoms. The minimum atomic E-state index is -0.186. The molecule has 1 saturated carbocycles. The maximum Gasteiger partial charge on any atom is 0.190 e. The van der Waals surface area contributed by atoms with Crippen LogP contribution in [-0.2, 0) is 6.42 Å². The van der Waals surface area contributed by atoms with Crippen LogP contribution in [0.3, 0.4) is 0 Å². The van der Waals surface area contributed by atoms with Gasteiger partial charge < -0.3 is 10.6 Å². The molecule has 0 unspecified atom stereocenters. The fourth-order valence-corrected chi connectivity index (χ4v) is 2.00. The number of nitrogens with one attached hydrogen (secondary N) is 2. The van der Waals surface area contributed by atoms with E-state index in [2.05, 4.69) is 15.6 Å². The molecule has 0 aromatic heterocycles. The van der Waals surface area contributed by atoms with E-state index in [4.69, 9.17) is 0 Å². The number of hydrogen-bond acceptors (Lipinski definition) is 1. The molecule has 0 aliphatic heterocycles. The Morgan fingerprint density at radius 1 is 1.20 bits per heavy atom. The van der Waals surface area contributed by atoms with E-state index >= 15 is 0 Å². The summed E-state index contributed by atoms with van der Waals surface area (Å²) in [4.78, 5) is 4.19. The van der Waals surface area contributed by atoms with Gasteiger partial charge in [-0.15, -0.1) is 24.0 Å². The second kappa shape index (κ2) is 9.15. The first-order valence-electron chi connectivity index (χ1n) is 6.97. The summed E-state index contributed by atoms with van der Waals surface area (Å²) in [5.74, 6) is 1.60. The van der Waals surface area contributed by atoms with Crippen LogP contribution in [0, 0.1) is 11.7 Å². The maximum atomic E-state index is 12.8. The topological polar surface area (TPSA) is 36.4 Å². The summed E-state index contributed by atoms with van der Waals surface area (Å²) >= 11 is 0. The number of guanidine groups is 1. The van der Waals surface area contributed by atoms with Crippen molar-refractivity contribution >= 4 is 29.9 Å². The minimum absolute atomic E-state index is 0. The van der Waals surface area contributed by atoms with Gasteiger partial charge in [0.2, 0.25) is 0 Å². The molecule has 0 amide bonds. The third-order valence-corrected chi connectivity index (χ3v) is 3.38. The van der Waals surface area contributed by atoms with Crippen molar-refractivity contribution in [1.82, 2.24) is 10.6 Å². The highest BCUT2D eigenvalue weighted by molar-refractivity contribution is 14.0. The van der Waals surface area contributed by atoms with E-state index < -0.39 is 0 Å². The number of rotatable bonds is 6. The highest BCUT2D eigenvalue weighted by atomic mass is 127. The van der Waals surface area contributed by atoms with E-state index in [9.17, 15) is 4.39 Å². The van der Waals surface area contributed by atoms with Gasteiger partial charge in [0.05, 0.1) is 0 Å². The van der Waals surface area contributed by atoms with Crippen LogP contribution in [0.25, 0.3) is 0 Å². The maximum absolute atomic E-state index is 12.8. The van der Waals surface area contributed by atoms with Crippen molar-refractivity contribution in [3.8, 4) is 0 Å². The molecule has 0 saturated heterocycles. The first kappa shape index (κ1) is 17.2. The van der Waals surface area contributed by atoms with Gasteiger partial charge in [0.1, 0.15) is 5.82 Å². The number of aliphatic imine (C=N–C) groups is 1. The average molecular weight is 391 g/mol. The summed E-state index contributed by atoms with van der Waals surface area (Å²) in [5.41, 5.74) is 1.13. The minimum Gasteiger partial charge on any atom is -0.356 e. The van der Waals surface area contributed by atoms with Crippen LogP contribution in [0.1, 0.15) is 24.8 Å². The number of hydrogen-bond donors (Lipinski definition) is 2. The van der Waals surface area contributed by atoms with Crippen molar-refractivity contribution in [1.29, 1.82) is 0 Å². The molecule has 1 fully saturated rings. The van der Waals surface area contributed by atoms with Crippen LogP contribution in [-0.4, -0.2) is 26.1 Å². The molecule has 112 valence electrons. The van der Waals surface area contributed by atoms with Crippen molar-refractivity contribution in [2.24, 2.45) is 10.9 Å². The summed E-state index contributed by atoms with van der Waals surface area (Å²) in [6, 6.07) is 6.64. The quantitative estimate of drug-likeness (QED) is 0.445. The van der Waals surface area contributed by atoms with Crippen LogP contribution in [0.4, 0.5) is 4.39 Å². The Hall–Kier alpha value is -0.850. The molecule has 0 radical (unpaired) electrons. The first-order chi connectivity index (χ1) is 9.28. The Morgan fingerprint density at radius 2 is 1.85 bits per heavy atom. The van der Waals surface area contributed by atoms with E-state index in [0.29, 0.717) is 0 Å². The molecule has 0 bridgehead atoms. The number of benzene rings is 1. The van der Waals surface area contributed by atoms with Crippen molar-refractivity contribution in [3.05, 3.63) is 35.6 Å². The van der Waals surface area contributed by atoms with E-state index in [-0.39, 0.29) is 29.8 Å². The predicted molar refractivity (Wildman–Crippen MR) is 92.2 cm³/mol. The smallest absolute Gasteiger partial charge is 0.190 e. The van der Waals surface area contributed by atoms with Gasteiger partial charge in [-0.05, 0) is 36.5 Å². The molecule has 0 heterocycles. The lowest BCUT2D eigenvalue weighted by molar-refractivity contribution is 0.626. The van der Waals surface area contributed by atoms with Crippen LogP contribution >= 0.6 is 24.0 Å². The Balaban J connectivity index is 0.00000200. The standard InChI is InChI=1S/C15H22FN3.HI/c1-17-15(18-10-8-12-2-3-12)19-11-9-13-4-6-14(16)7-5-13;/h4-7,12H,2-3,8-11H2,1H3,(H2,17,18,19);1H. The number of halogens is 2. The van der Waals surface area contributed by atoms with Gasteiger partial charge in [-0.2, -0.15) is 0 Å². The lowest BCUT2D eigenvalue weighted by Gasteiger charge is -2.11. The van der Waals surface area contributed by atoms with Crippen molar-refractivity contribution in [2.75, 3.05) is 20.1 Å². The zero-order chi connectivity index (χ0) is 13.5. The average Bonchev–Trinajstić information content (AvgIpc) is 3.23. The summed E-state index contributed by atoms with van der Waals surface area (Å²) < 4.78 is 12.8. The predicted octanol–water partition coefficient (Wildman–Crippen LogP) is 2.95. The van der Waals surface area contributed by atoms with E-state index in [0.717, 1.165) is 37.0 Å². The van der Waals surface area contributed by atoms with Crippen LogP contribution < -0.4 is 10.6 Å². The van der Waals surface area contributed by atoms with Crippen molar-refractivity contribution in [3.63, 3.8) is 0 Å². The Kier molecular flexibility index (Phi) is 7.87. The van der Waals surface area contributed by atoms with Crippen molar-refractivity contribution in [2.45, 2.75) is 25.7 Å². The highest BCUT2D eigenvalue weighted by Crippen LogP contribution is 2.31. The summed E-state index contributed by atoms with van der Waals surface area (Å²) in [6.07, 6.45) is 4.87. The molecule has 5 heteroatoms. The third-order valence-electron chi connectivity index (χ3n) is 3.38. The summed E-state index contributed by atoms with van der Waals surface area (Å²) in [7, 11) is 1.78. The molecular formula is C15H23FIN3. The van der Waals surface area contributed by atoms with E-state index in [1.54, 1.807) is 7.05 Å². The second-order valence-corrected chi connectivity index (χ2v) is 5.03. The molecule has 1 aliphatic rings. The molecule has 0 spiro atoms. The lowest BCUT2D eigenvalue weighted by Crippen LogP contribution is -2.38. The van der Waals surface area contributed by atoms with Crippen LogP contribution in [0.5, 0.6) is 0 Å². The summed E-state index contributed by atoms with van der Waals surface area (Å²) in [5, 5.41) is 6.59. The molecular weight excluding hydrogens is 368 g/mol. The molecule has 3 nitrogen and oxygen atoms in total. The molecule has 1 aromatic rings. The third kappa shape index (κ3) is 6.54. The number of nitrogens with zero attached hydrogens (tertiary/aromatic N) is 1.